The largest absolute Gasteiger partial charge is 0.452 e. The molecule has 0 spiro atoms. The van der Waals surface area contributed by atoms with E-state index in [0.717, 1.165) is 12.8 Å². The van der Waals surface area contributed by atoms with E-state index in [2.05, 4.69) is 11.6 Å². The summed E-state index contributed by atoms with van der Waals surface area (Å²) in [4.78, 5) is 26.1. The van der Waals surface area contributed by atoms with Crippen LogP contribution in [-0.2, 0) is 19.6 Å². The first-order valence-corrected chi connectivity index (χ1v) is 11.0. The standard InChI is InChI=1S/C21H24N2O5S/c1-16-6-5-13-23(14-16)20(24)15-28-21(25)17-9-11-19(12-10-17)29(26,27)22-18-7-3-2-4-8-18/h2-4,7-12,16,22H,5-6,13-15H2,1H3. The van der Waals surface area contributed by atoms with Crippen LogP contribution in [0.3, 0.4) is 0 Å². The molecule has 1 unspecified atom stereocenters. The zero-order valence-electron chi connectivity index (χ0n) is 16.2. The molecule has 1 saturated heterocycles. The van der Waals surface area contributed by atoms with Crippen LogP contribution in [0.5, 0.6) is 0 Å². The fraction of sp³-hybridized carbons (Fsp3) is 0.333. The lowest BCUT2D eigenvalue weighted by Crippen LogP contribution is -2.41. The average Bonchev–Trinajstić information content (AvgIpc) is 2.72. The molecule has 1 atom stereocenters. The highest BCUT2D eigenvalue weighted by Gasteiger charge is 2.22. The van der Waals surface area contributed by atoms with Crippen LogP contribution in [0.2, 0.25) is 0 Å². The Bertz CT molecular complexity index is 958. The SMILES string of the molecule is CC1CCCN(C(=O)COC(=O)c2ccc(S(=O)(=O)Nc3ccccc3)cc2)C1. The number of hydrogen-bond donors (Lipinski definition) is 1. The van der Waals surface area contributed by atoms with Gasteiger partial charge < -0.3 is 9.64 Å². The summed E-state index contributed by atoms with van der Waals surface area (Å²) in [7, 11) is -3.76. The van der Waals surface area contributed by atoms with E-state index in [1.54, 1.807) is 35.2 Å². The highest BCUT2D eigenvalue weighted by atomic mass is 32.2. The second kappa shape index (κ2) is 9.09. The van der Waals surface area contributed by atoms with Gasteiger partial charge in [0.05, 0.1) is 10.5 Å². The summed E-state index contributed by atoms with van der Waals surface area (Å²) in [5.41, 5.74) is 0.630. The van der Waals surface area contributed by atoms with Crippen molar-refractivity contribution < 1.29 is 22.7 Å². The molecule has 1 fully saturated rings. The minimum Gasteiger partial charge on any atom is -0.452 e. The molecule has 2 aromatic rings. The Balaban J connectivity index is 1.58. The molecule has 7 nitrogen and oxygen atoms in total. The van der Waals surface area contributed by atoms with Crippen LogP contribution >= 0.6 is 0 Å². The number of carbonyl (C=O) groups excluding carboxylic acids is 2. The van der Waals surface area contributed by atoms with Crippen LogP contribution in [0.1, 0.15) is 30.1 Å². The Morgan fingerprint density at radius 1 is 1.10 bits per heavy atom. The van der Waals surface area contributed by atoms with E-state index >= 15 is 0 Å². The van der Waals surface area contributed by atoms with Crippen LogP contribution in [0.4, 0.5) is 5.69 Å². The molecule has 29 heavy (non-hydrogen) atoms. The Morgan fingerprint density at radius 3 is 2.45 bits per heavy atom. The summed E-state index contributed by atoms with van der Waals surface area (Å²) in [6.07, 6.45) is 2.05. The topological polar surface area (TPSA) is 92.8 Å². The summed E-state index contributed by atoms with van der Waals surface area (Å²) >= 11 is 0. The van der Waals surface area contributed by atoms with Gasteiger partial charge in [-0.25, -0.2) is 13.2 Å². The third kappa shape index (κ3) is 5.57. The van der Waals surface area contributed by atoms with Crippen molar-refractivity contribution in [3.05, 3.63) is 60.2 Å². The first kappa shape index (κ1) is 20.9. The summed E-state index contributed by atoms with van der Waals surface area (Å²) < 4.78 is 32.4. The number of nitrogens with zero attached hydrogens (tertiary/aromatic N) is 1. The second-order valence-electron chi connectivity index (χ2n) is 7.16. The third-order valence-electron chi connectivity index (χ3n) is 4.76. The number of anilines is 1. The molecule has 0 bridgehead atoms. The predicted octanol–water partition coefficient (Wildman–Crippen LogP) is 2.90. The molecule has 0 aliphatic carbocycles. The van der Waals surface area contributed by atoms with Crippen LogP contribution in [0.25, 0.3) is 0 Å². The van der Waals surface area contributed by atoms with Gasteiger partial charge in [-0.15, -0.1) is 0 Å². The smallest absolute Gasteiger partial charge is 0.338 e. The monoisotopic (exact) mass is 416 g/mol. The fourth-order valence-corrected chi connectivity index (χ4v) is 4.27. The summed E-state index contributed by atoms with van der Waals surface area (Å²) in [6, 6.07) is 13.9. The number of nitrogens with one attached hydrogen (secondary N) is 1. The maximum Gasteiger partial charge on any atom is 0.338 e. The molecule has 1 amide bonds. The van der Waals surface area contributed by atoms with E-state index in [1.165, 1.54) is 24.3 Å². The van der Waals surface area contributed by atoms with Gasteiger partial charge in [0, 0.05) is 18.8 Å². The number of para-hydroxylation sites is 1. The van der Waals surface area contributed by atoms with Gasteiger partial charge in [-0.05, 0) is 55.2 Å². The second-order valence-corrected chi connectivity index (χ2v) is 8.84. The van der Waals surface area contributed by atoms with Crippen molar-refractivity contribution in [3.63, 3.8) is 0 Å². The van der Waals surface area contributed by atoms with Crippen molar-refractivity contribution in [2.45, 2.75) is 24.7 Å². The minimum absolute atomic E-state index is 0.0243. The highest BCUT2D eigenvalue weighted by Crippen LogP contribution is 2.17. The first-order valence-electron chi connectivity index (χ1n) is 9.48. The first-order chi connectivity index (χ1) is 13.8. The lowest BCUT2D eigenvalue weighted by molar-refractivity contribution is -0.136. The van der Waals surface area contributed by atoms with E-state index in [-0.39, 0.29) is 23.0 Å². The zero-order valence-corrected chi connectivity index (χ0v) is 17.0. The van der Waals surface area contributed by atoms with Gasteiger partial charge in [-0.3, -0.25) is 9.52 Å². The molecular weight excluding hydrogens is 392 g/mol. The Morgan fingerprint density at radius 2 is 1.79 bits per heavy atom. The van der Waals surface area contributed by atoms with E-state index in [0.29, 0.717) is 24.7 Å². The number of ether oxygens (including phenoxy) is 1. The number of amides is 1. The van der Waals surface area contributed by atoms with Crippen LogP contribution in [0, 0.1) is 5.92 Å². The molecule has 0 radical (unpaired) electrons. The molecule has 8 heteroatoms. The molecule has 1 N–H and O–H groups in total. The molecule has 1 aliphatic heterocycles. The predicted molar refractivity (Wildman–Crippen MR) is 109 cm³/mol. The van der Waals surface area contributed by atoms with Gasteiger partial charge in [0.2, 0.25) is 0 Å². The Labute approximate surface area is 170 Å². The van der Waals surface area contributed by atoms with Crippen molar-refractivity contribution in [3.8, 4) is 0 Å². The van der Waals surface area contributed by atoms with E-state index in [4.69, 9.17) is 4.74 Å². The van der Waals surface area contributed by atoms with Crippen molar-refractivity contribution >= 4 is 27.6 Å². The van der Waals surface area contributed by atoms with Gasteiger partial charge in [-0.1, -0.05) is 25.1 Å². The molecule has 0 aromatic heterocycles. The van der Waals surface area contributed by atoms with Crippen LogP contribution < -0.4 is 4.72 Å². The van der Waals surface area contributed by atoms with Gasteiger partial charge in [0.25, 0.3) is 15.9 Å². The van der Waals surface area contributed by atoms with Crippen molar-refractivity contribution in [1.82, 2.24) is 4.90 Å². The maximum absolute atomic E-state index is 12.4. The van der Waals surface area contributed by atoms with Crippen LogP contribution in [0.15, 0.2) is 59.5 Å². The molecule has 3 rings (SSSR count). The number of sulfonamides is 1. The van der Waals surface area contributed by atoms with Gasteiger partial charge in [-0.2, -0.15) is 0 Å². The van der Waals surface area contributed by atoms with Gasteiger partial charge in [0.1, 0.15) is 0 Å². The van der Waals surface area contributed by atoms with Crippen LogP contribution in [-0.4, -0.2) is 44.9 Å². The molecule has 1 aliphatic rings. The Kier molecular flexibility index (Phi) is 6.53. The van der Waals surface area contributed by atoms with E-state index in [9.17, 15) is 18.0 Å². The van der Waals surface area contributed by atoms with Gasteiger partial charge >= 0.3 is 5.97 Å². The minimum atomic E-state index is -3.76. The summed E-state index contributed by atoms with van der Waals surface area (Å²) in [5.74, 6) is -0.429. The third-order valence-corrected chi connectivity index (χ3v) is 6.16. The molecule has 2 aromatic carbocycles. The molecular formula is C21H24N2O5S. The number of carbonyl (C=O) groups is 2. The van der Waals surface area contributed by atoms with Crippen molar-refractivity contribution in [1.29, 1.82) is 0 Å². The number of benzene rings is 2. The van der Waals surface area contributed by atoms with Crippen molar-refractivity contribution in [2.24, 2.45) is 5.92 Å². The number of hydrogen-bond acceptors (Lipinski definition) is 5. The van der Waals surface area contributed by atoms with E-state index < -0.39 is 16.0 Å². The lowest BCUT2D eigenvalue weighted by atomic mass is 10.0. The van der Waals surface area contributed by atoms with Crippen molar-refractivity contribution in [2.75, 3.05) is 24.4 Å². The number of piperidine rings is 1. The normalized spacial score (nSPS) is 16.9. The quantitative estimate of drug-likeness (QED) is 0.731. The zero-order chi connectivity index (χ0) is 20.9. The lowest BCUT2D eigenvalue weighted by Gasteiger charge is -2.30. The summed E-state index contributed by atoms with van der Waals surface area (Å²) in [5, 5.41) is 0. The molecule has 0 saturated carbocycles. The average molecular weight is 416 g/mol. The number of rotatable bonds is 6. The van der Waals surface area contributed by atoms with Gasteiger partial charge in [0.15, 0.2) is 6.61 Å². The Hall–Kier alpha value is -2.87. The summed E-state index contributed by atoms with van der Waals surface area (Å²) in [6.45, 7) is 3.13. The number of esters is 1. The highest BCUT2D eigenvalue weighted by molar-refractivity contribution is 7.92. The molecule has 154 valence electrons. The fourth-order valence-electron chi connectivity index (χ4n) is 3.21. The molecule has 1 heterocycles. The van der Waals surface area contributed by atoms with E-state index in [1.807, 2.05) is 0 Å². The number of likely N-dealkylation sites (tertiary alicyclic amines) is 1. The maximum atomic E-state index is 12.4.